The van der Waals surface area contributed by atoms with Crippen LogP contribution in [0.15, 0.2) is 77.6 Å². The van der Waals surface area contributed by atoms with Crippen molar-refractivity contribution in [3.8, 4) is 29.0 Å². The molecular formula is C28H23N3O5S. The van der Waals surface area contributed by atoms with Crippen LogP contribution in [0.1, 0.15) is 5.56 Å². The molecule has 3 aromatic carbocycles. The van der Waals surface area contributed by atoms with E-state index >= 15 is 0 Å². The number of benzene rings is 3. The number of nitriles is 1. The lowest BCUT2D eigenvalue weighted by atomic mass is 10.2. The minimum Gasteiger partial charge on any atom is -0.495 e. The summed E-state index contributed by atoms with van der Waals surface area (Å²) < 4.78 is 17.9. The van der Waals surface area contributed by atoms with Gasteiger partial charge in [-0.1, -0.05) is 36.4 Å². The monoisotopic (exact) mass is 513 g/mol. The second-order valence-corrected chi connectivity index (χ2v) is 8.68. The number of methoxy groups -OCH3 is 3. The fraction of sp³-hybridized carbons (Fsp3) is 0.107. The van der Waals surface area contributed by atoms with Crippen LogP contribution in [0.2, 0.25) is 0 Å². The van der Waals surface area contributed by atoms with Crippen LogP contribution in [0.5, 0.6) is 17.2 Å². The maximum atomic E-state index is 13.6. The van der Waals surface area contributed by atoms with Crippen LogP contribution in [-0.4, -0.2) is 31.8 Å². The highest BCUT2D eigenvalue weighted by atomic mass is 32.1. The third-order valence-electron chi connectivity index (χ3n) is 5.45. The third kappa shape index (κ3) is 5.24. The summed E-state index contributed by atoms with van der Waals surface area (Å²) >= 11 is 1.05. The first kappa shape index (κ1) is 25.3. The smallest absolute Gasteiger partial charge is 0.273 e. The second-order valence-electron chi connectivity index (χ2n) is 7.65. The number of amides is 1. The Bertz CT molecular complexity index is 1670. The molecule has 4 rings (SSSR count). The third-order valence-corrected chi connectivity index (χ3v) is 6.54. The van der Waals surface area contributed by atoms with Crippen LogP contribution in [0, 0.1) is 11.3 Å². The van der Waals surface area contributed by atoms with Gasteiger partial charge in [-0.15, -0.1) is 11.3 Å². The van der Waals surface area contributed by atoms with Crippen molar-refractivity contribution in [2.75, 3.05) is 26.6 Å². The van der Waals surface area contributed by atoms with E-state index < -0.39 is 5.91 Å². The van der Waals surface area contributed by atoms with Crippen LogP contribution in [-0.2, 0) is 4.79 Å². The highest BCUT2D eigenvalue weighted by Gasteiger charge is 2.18. The first-order valence-corrected chi connectivity index (χ1v) is 11.9. The SMILES string of the molecule is COc1ccccc1NC(=O)/C(C#N)=c1\s/c(=C/c2ccc(OC)c(OC)c2)c(=O)n1-c1ccccc1. The number of para-hydroxylation sites is 3. The molecule has 0 spiro atoms. The zero-order valence-electron chi connectivity index (χ0n) is 20.3. The van der Waals surface area contributed by atoms with Gasteiger partial charge in [0.1, 0.15) is 16.5 Å². The molecule has 37 heavy (non-hydrogen) atoms. The molecule has 9 heteroatoms. The minimum atomic E-state index is -0.657. The minimum absolute atomic E-state index is 0.205. The Balaban J connectivity index is 1.94. The Morgan fingerprint density at radius 1 is 0.919 bits per heavy atom. The zero-order chi connectivity index (χ0) is 26.4. The molecular weight excluding hydrogens is 490 g/mol. The lowest BCUT2D eigenvalue weighted by molar-refractivity contribution is -0.111. The van der Waals surface area contributed by atoms with Crippen LogP contribution in [0.3, 0.4) is 0 Å². The molecule has 4 aromatic rings. The molecule has 0 aliphatic rings. The summed E-state index contributed by atoms with van der Waals surface area (Å²) in [5.74, 6) is 0.857. The number of carbonyl (C=O) groups excluding carboxylic acids is 1. The molecule has 0 saturated heterocycles. The summed E-state index contributed by atoms with van der Waals surface area (Å²) in [4.78, 5) is 26.8. The van der Waals surface area contributed by atoms with Crippen LogP contribution >= 0.6 is 11.3 Å². The molecule has 1 amide bonds. The molecule has 8 nitrogen and oxygen atoms in total. The number of hydrogen-bond acceptors (Lipinski definition) is 7. The molecule has 0 aliphatic heterocycles. The van der Waals surface area contributed by atoms with Gasteiger partial charge in [-0.2, -0.15) is 5.26 Å². The van der Waals surface area contributed by atoms with Gasteiger partial charge in [0.15, 0.2) is 17.1 Å². The van der Waals surface area contributed by atoms with Crippen LogP contribution < -0.4 is 34.3 Å². The van der Waals surface area contributed by atoms with E-state index in [0.29, 0.717) is 38.7 Å². The summed E-state index contributed by atoms with van der Waals surface area (Å²) in [7, 11) is 4.56. The lowest BCUT2D eigenvalue weighted by Gasteiger charge is -2.09. The molecule has 0 bridgehead atoms. The quantitative estimate of drug-likeness (QED) is 0.408. The van der Waals surface area contributed by atoms with Gasteiger partial charge in [-0.05, 0) is 48.0 Å². The Morgan fingerprint density at radius 3 is 2.27 bits per heavy atom. The highest BCUT2D eigenvalue weighted by molar-refractivity contribution is 7.07. The van der Waals surface area contributed by atoms with Gasteiger partial charge in [0, 0.05) is 0 Å². The molecule has 0 aliphatic carbocycles. The topological polar surface area (TPSA) is 103 Å². The standard InChI is InChI=1S/C28H23N3O5S/c1-34-22-12-8-7-11-21(22)30-26(32)20(17-29)28-31(19-9-5-4-6-10-19)27(33)25(37-28)16-18-13-14-23(35-2)24(15-18)36-3/h4-16H,1-3H3,(H,30,32)/b25-16+,28-20-. The Hall–Kier alpha value is -4.81. The Kier molecular flexibility index (Phi) is 7.71. The Morgan fingerprint density at radius 2 is 1.59 bits per heavy atom. The second kappa shape index (κ2) is 11.3. The predicted molar refractivity (Wildman–Crippen MR) is 143 cm³/mol. The summed E-state index contributed by atoms with van der Waals surface area (Å²) in [5.41, 5.74) is 1.07. The fourth-order valence-corrected chi connectivity index (χ4v) is 4.79. The van der Waals surface area contributed by atoms with Gasteiger partial charge in [-0.25, -0.2) is 0 Å². The van der Waals surface area contributed by atoms with Crippen molar-refractivity contribution in [2.45, 2.75) is 0 Å². The number of aromatic nitrogens is 1. The molecule has 0 fully saturated rings. The molecule has 0 unspecified atom stereocenters. The molecule has 0 radical (unpaired) electrons. The fourth-order valence-electron chi connectivity index (χ4n) is 3.68. The van der Waals surface area contributed by atoms with E-state index in [0.717, 1.165) is 11.3 Å². The maximum Gasteiger partial charge on any atom is 0.273 e. The summed E-state index contributed by atoms with van der Waals surface area (Å²) in [6.07, 6.45) is 1.69. The van der Waals surface area contributed by atoms with Crippen molar-refractivity contribution < 1.29 is 19.0 Å². The van der Waals surface area contributed by atoms with Crippen molar-refractivity contribution >= 4 is 34.6 Å². The number of anilines is 1. The number of ether oxygens (including phenoxy) is 3. The van der Waals surface area contributed by atoms with E-state index in [1.165, 1.54) is 18.8 Å². The Labute approximate surface area is 216 Å². The van der Waals surface area contributed by atoms with Crippen molar-refractivity contribution in [2.24, 2.45) is 0 Å². The number of thiazole rings is 1. The van der Waals surface area contributed by atoms with Crippen LogP contribution in [0.25, 0.3) is 17.3 Å². The van der Waals surface area contributed by atoms with E-state index in [1.807, 2.05) is 12.1 Å². The largest absolute Gasteiger partial charge is 0.495 e. The molecule has 1 N–H and O–H groups in total. The van der Waals surface area contributed by atoms with Crippen molar-refractivity contribution in [3.05, 3.63) is 97.9 Å². The van der Waals surface area contributed by atoms with Crippen LogP contribution in [0.4, 0.5) is 5.69 Å². The molecule has 0 atom stereocenters. The number of nitrogens with one attached hydrogen (secondary N) is 1. The molecule has 1 heterocycles. The van der Waals surface area contributed by atoms with Crippen molar-refractivity contribution in [1.82, 2.24) is 4.57 Å². The van der Waals surface area contributed by atoms with Crippen molar-refractivity contribution in [3.63, 3.8) is 0 Å². The van der Waals surface area contributed by atoms with E-state index in [2.05, 4.69) is 5.32 Å². The number of carbonyl (C=O) groups is 1. The van der Waals surface area contributed by atoms with Gasteiger partial charge in [0.05, 0.1) is 37.2 Å². The summed E-state index contributed by atoms with van der Waals surface area (Å²) in [6.45, 7) is 0. The average Bonchev–Trinajstić information content (AvgIpc) is 3.24. The first-order chi connectivity index (χ1) is 18.0. The highest BCUT2D eigenvalue weighted by Crippen LogP contribution is 2.27. The van der Waals surface area contributed by atoms with Gasteiger partial charge >= 0.3 is 0 Å². The number of hydrogen-bond donors (Lipinski definition) is 1. The summed E-state index contributed by atoms with van der Waals surface area (Å²) in [6, 6.07) is 23.0. The van der Waals surface area contributed by atoms with Gasteiger partial charge in [0.2, 0.25) is 0 Å². The summed E-state index contributed by atoms with van der Waals surface area (Å²) in [5, 5.41) is 12.7. The molecule has 186 valence electrons. The van der Waals surface area contributed by atoms with Gasteiger partial charge in [0.25, 0.3) is 11.5 Å². The van der Waals surface area contributed by atoms with E-state index in [1.54, 1.807) is 79.9 Å². The van der Waals surface area contributed by atoms with E-state index in [4.69, 9.17) is 14.2 Å². The van der Waals surface area contributed by atoms with E-state index in [-0.39, 0.29) is 15.8 Å². The van der Waals surface area contributed by atoms with Crippen molar-refractivity contribution in [1.29, 1.82) is 5.26 Å². The lowest BCUT2D eigenvalue weighted by Crippen LogP contribution is -2.32. The average molecular weight is 514 g/mol. The molecule has 0 saturated carbocycles. The van der Waals surface area contributed by atoms with Gasteiger partial charge in [-0.3, -0.25) is 14.2 Å². The normalized spacial score (nSPS) is 11.9. The molecule has 1 aromatic heterocycles. The zero-order valence-corrected chi connectivity index (χ0v) is 21.2. The van der Waals surface area contributed by atoms with Gasteiger partial charge < -0.3 is 19.5 Å². The number of nitrogens with zero attached hydrogens (tertiary/aromatic N) is 2. The first-order valence-electron chi connectivity index (χ1n) is 11.1. The van der Waals surface area contributed by atoms with E-state index in [9.17, 15) is 14.9 Å². The maximum absolute atomic E-state index is 13.6. The number of rotatable bonds is 7. The predicted octanol–water partition coefficient (Wildman–Crippen LogP) is 3.07.